The third-order valence-electron chi connectivity index (χ3n) is 3.75. The van der Waals surface area contributed by atoms with Gasteiger partial charge in [0.15, 0.2) is 11.4 Å². The van der Waals surface area contributed by atoms with Gasteiger partial charge in [0.25, 0.3) is 5.79 Å². The Kier molecular flexibility index (Phi) is 3.82. The summed E-state index contributed by atoms with van der Waals surface area (Å²) in [5, 5.41) is 2.82. The number of cyclic esters (lactones) is 2. The maximum Gasteiger partial charge on any atom is 0.350 e. The number of hydrogen-bond acceptors (Lipinski definition) is 7. The predicted octanol–water partition coefficient (Wildman–Crippen LogP) is 2.56. The van der Waals surface area contributed by atoms with Crippen LogP contribution in [0.5, 0.6) is 5.75 Å². The number of hydrogen-bond donors (Lipinski definition) is 1. The summed E-state index contributed by atoms with van der Waals surface area (Å²) in [6.07, 6.45) is 1.48. The molecule has 0 amide bonds. The molecule has 1 N–H and O–H groups in total. The minimum absolute atomic E-state index is 0.0270. The second-order valence-electron chi connectivity index (χ2n) is 7.05. The van der Waals surface area contributed by atoms with E-state index >= 15 is 0 Å². The highest BCUT2D eigenvalue weighted by Crippen LogP contribution is 2.34. The zero-order valence-electron chi connectivity index (χ0n) is 14.5. The minimum Gasteiger partial charge on any atom is -0.487 e. The monoisotopic (exact) mass is 345 g/mol. The highest BCUT2D eigenvalue weighted by Gasteiger charge is 2.39. The first-order valence-corrected chi connectivity index (χ1v) is 7.86. The van der Waals surface area contributed by atoms with Crippen molar-refractivity contribution in [1.82, 2.24) is 0 Å². The molecule has 0 aliphatic carbocycles. The van der Waals surface area contributed by atoms with E-state index in [-0.39, 0.29) is 17.8 Å². The van der Waals surface area contributed by atoms with Crippen LogP contribution in [0.15, 0.2) is 30.0 Å². The molecule has 7 nitrogen and oxygen atoms in total. The molecule has 1 saturated heterocycles. The van der Waals surface area contributed by atoms with Gasteiger partial charge in [0.05, 0.1) is 12.0 Å². The van der Waals surface area contributed by atoms with Crippen molar-refractivity contribution in [3.63, 3.8) is 0 Å². The minimum atomic E-state index is -1.28. The number of anilines is 1. The first-order chi connectivity index (χ1) is 11.6. The normalized spacial score (nSPS) is 20.8. The summed E-state index contributed by atoms with van der Waals surface area (Å²) in [6.45, 7) is 6.66. The van der Waals surface area contributed by atoms with Crippen LogP contribution >= 0.6 is 0 Å². The Balaban J connectivity index is 1.81. The van der Waals surface area contributed by atoms with E-state index in [1.54, 1.807) is 18.2 Å². The molecule has 1 aromatic carbocycles. The van der Waals surface area contributed by atoms with Crippen molar-refractivity contribution in [2.45, 2.75) is 45.5 Å². The summed E-state index contributed by atoms with van der Waals surface area (Å²) in [6, 6.07) is 4.98. The molecule has 0 atom stereocenters. The van der Waals surface area contributed by atoms with Gasteiger partial charge in [-0.15, -0.1) is 0 Å². The van der Waals surface area contributed by atoms with Gasteiger partial charge in [0.1, 0.15) is 11.4 Å². The lowest BCUT2D eigenvalue weighted by molar-refractivity contribution is -0.222. The molecule has 0 bridgehead atoms. The summed E-state index contributed by atoms with van der Waals surface area (Å²) in [4.78, 5) is 36.0. The molecule has 0 saturated carbocycles. The summed E-state index contributed by atoms with van der Waals surface area (Å²) in [7, 11) is 0. The van der Waals surface area contributed by atoms with Crippen molar-refractivity contribution >= 4 is 23.4 Å². The highest BCUT2D eigenvalue weighted by atomic mass is 16.7. The van der Waals surface area contributed by atoms with Gasteiger partial charge in [-0.2, -0.15) is 0 Å². The predicted molar refractivity (Wildman–Crippen MR) is 88.1 cm³/mol. The molecule has 25 heavy (non-hydrogen) atoms. The fourth-order valence-electron chi connectivity index (χ4n) is 2.68. The average molecular weight is 345 g/mol. The van der Waals surface area contributed by atoms with Gasteiger partial charge in [-0.3, -0.25) is 4.79 Å². The second kappa shape index (κ2) is 5.61. The lowest BCUT2D eigenvalue weighted by atomic mass is 9.93. The molecule has 0 radical (unpaired) electrons. The van der Waals surface area contributed by atoms with Crippen molar-refractivity contribution < 1.29 is 28.6 Å². The largest absolute Gasteiger partial charge is 0.487 e. The summed E-state index contributed by atoms with van der Waals surface area (Å²) < 4.78 is 15.8. The Labute approximate surface area is 144 Å². The number of carbonyl (C=O) groups is 3. The van der Waals surface area contributed by atoms with Gasteiger partial charge in [-0.25, -0.2) is 9.59 Å². The summed E-state index contributed by atoms with van der Waals surface area (Å²) >= 11 is 0. The summed E-state index contributed by atoms with van der Waals surface area (Å²) in [5.41, 5.74) is 0.204. The molecule has 2 aliphatic heterocycles. The fraction of sp³-hybridized carbons (Fsp3) is 0.389. The van der Waals surface area contributed by atoms with Gasteiger partial charge < -0.3 is 19.5 Å². The number of carbonyl (C=O) groups excluding carboxylic acids is 3. The van der Waals surface area contributed by atoms with Crippen LogP contribution in [0.3, 0.4) is 0 Å². The molecule has 0 unspecified atom stereocenters. The first-order valence-electron chi connectivity index (χ1n) is 7.86. The van der Waals surface area contributed by atoms with E-state index in [0.717, 1.165) is 0 Å². The van der Waals surface area contributed by atoms with E-state index < -0.39 is 23.3 Å². The Hall–Kier alpha value is -2.83. The van der Waals surface area contributed by atoms with E-state index in [9.17, 15) is 14.4 Å². The SMILES string of the molecule is CC1(C)CC(=O)c2cc(NC=C3C(=O)OC(C)(C)OC3=O)ccc2O1. The number of nitrogens with one attached hydrogen (secondary N) is 1. The van der Waals surface area contributed by atoms with Gasteiger partial charge in [0, 0.05) is 25.7 Å². The maximum atomic E-state index is 12.3. The lowest BCUT2D eigenvalue weighted by Gasteiger charge is -2.31. The quantitative estimate of drug-likeness (QED) is 0.500. The smallest absolute Gasteiger partial charge is 0.350 e. The van der Waals surface area contributed by atoms with E-state index in [4.69, 9.17) is 14.2 Å². The Morgan fingerprint density at radius 1 is 1.00 bits per heavy atom. The number of rotatable bonds is 2. The van der Waals surface area contributed by atoms with Crippen molar-refractivity contribution in [2.24, 2.45) is 0 Å². The molecule has 0 spiro atoms. The van der Waals surface area contributed by atoms with Gasteiger partial charge in [-0.1, -0.05) is 0 Å². The van der Waals surface area contributed by atoms with Crippen molar-refractivity contribution in [3.8, 4) is 5.75 Å². The van der Waals surface area contributed by atoms with Crippen LogP contribution in [0.4, 0.5) is 5.69 Å². The fourth-order valence-corrected chi connectivity index (χ4v) is 2.68. The van der Waals surface area contributed by atoms with Crippen LogP contribution in [0, 0.1) is 0 Å². The molecule has 0 aromatic heterocycles. The maximum absolute atomic E-state index is 12.3. The number of ketones is 1. The Morgan fingerprint density at radius 3 is 2.28 bits per heavy atom. The number of ether oxygens (including phenoxy) is 3. The summed E-state index contributed by atoms with van der Waals surface area (Å²) in [5.74, 6) is -2.34. The van der Waals surface area contributed by atoms with Crippen molar-refractivity contribution in [2.75, 3.05) is 5.32 Å². The molecule has 2 heterocycles. The van der Waals surface area contributed by atoms with E-state index in [2.05, 4.69) is 5.32 Å². The molecular weight excluding hydrogens is 326 g/mol. The van der Waals surface area contributed by atoms with Crippen molar-refractivity contribution in [3.05, 3.63) is 35.5 Å². The van der Waals surface area contributed by atoms with E-state index in [0.29, 0.717) is 17.0 Å². The first kappa shape index (κ1) is 17.0. The van der Waals surface area contributed by atoms with Crippen molar-refractivity contribution in [1.29, 1.82) is 0 Å². The third-order valence-corrected chi connectivity index (χ3v) is 3.75. The van der Waals surface area contributed by atoms with Crippen LogP contribution in [0.2, 0.25) is 0 Å². The molecule has 1 aromatic rings. The highest BCUT2D eigenvalue weighted by molar-refractivity contribution is 6.15. The molecule has 7 heteroatoms. The second-order valence-corrected chi connectivity index (χ2v) is 7.05. The average Bonchev–Trinajstić information content (AvgIpc) is 2.44. The van der Waals surface area contributed by atoms with Gasteiger partial charge in [-0.05, 0) is 32.0 Å². The van der Waals surface area contributed by atoms with Crippen LogP contribution in [0.25, 0.3) is 0 Å². The third kappa shape index (κ3) is 3.50. The zero-order chi connectivity index (χ0) is 18.4. The van der Waals surface area contributed by atoms with Gasteiger partial charge >= 0.3 is 11.9 Å². The van der Waals surface area contributed by atoms with Crippen LogP contribution in [-0.4, -0.2) is 29.1 Å². The molecular formula is C18H19NO6. The molecule has 2 aliphatic rings. The van der Waals surface area contributed by atoms with Crippen LogP contribution in [0.1, 0.15) is 44.5 Å². The van der Waals surface area contributed by atoms with E-state index in [1.165, 1.54) is 20.0 Å². The standard InChI is InChI=1S/C18H19NO6/c1-17(2)8-13(20)11-7-10(5-6-14(11)23-17)19-9-12-15(21)24-18(3,4)25-16(12)22/h5-7,9,19H,8H2,1-4H3. The Bertz CT molecular complexity index is 784. The Morgan fingerprint density at radius 2 is 1.64 bits per heavy atom. The van der Waals surface area contributed by atoms with E-state index in [1.807, 2.05) is 13.8 Å². The number of fused-ring (bicyclic) bond motifs is 1. The molecule has 1 fully saturated rings. The van der Waals surface area contributed by atoms with Crippen LogP contribution < -0.4 is 10.1 Å². The lowest BCUT2D eigenvalue weighted by Crippen LogP contribution is -2.42. The zero-order valence-corrected chi connectivity index (χ0v) is 14.5. The topological polar surface area (TPSA) is 90.9 Å². The van der Waals surface area contributed by atoms with Gasteiger partial charge in [0.2, 0.25) is 0 Å². The molecule has 132 valence electrons. The van der Waals surface area contributed by atoms with Crippen LogP contribution in [-0.2, 0) is 19.1 Å². The number of Topliss-reactive ketones (excluding diaryl/α,β-unsaturated/α-hetero) is 1. The number of esters is 2. The molecule has 3 rings (SSSR count). The number of benzene rings is 1.